The van der Waals surface area contributed by atoms with E-state index < -0.39 is 0 Å². The summed E-state index contributed by atoms with van der Waals surface area (Å²) in [6.07, 6.45) is 0. The van der Waals surface area contributed by atoms with Crippen LogP contribution in [0.25, 0.3) is 20.2 Å². The molecule has 0 amide bonds. The first-order valence-electron chi connectivity index (χ1n) is 23.8. The van der Waals surface area contributed by atoms with Crippen LogP contribution in [-0.2, 0) is 27.1 Å². The van der Waals surface area contributed by atoms with E-state index in [1.54, 1.807) is 0 Å². The molecule has 1 aliphatic carbocycles. The first kappa shape index (κ1) is 42.1. The zero-order chi connectivity index (χ0) is 45.9. The summed E-state index contributed by atoms with van der Waals surface area (Å²) in [6.45, 7) is 33.2. The molecule has 2 nitrogen and oxygen atoms in total. The van der Waals surface area contributed by atoms with E-state index in [1.165, 1.54) is 115 Å². The molecule has 8 aromatic rings. The fraction of sp³-hybridized carbons (Fsp3) is 0.311. The van der Waals surface area contributed by atoms with E-state index in [0.717, 1.165) is 0 Å². The minimum Gasteiger partial charge on any atom is -0.311 e. The molecule has 2 aliphatic heterocycles. The standard InChI is InChI=1S/C61H63BN2S/c1-36-31-51-55-52(32-36)64(49-30-28-43(59(8,9)10)56-54(49)40-19-15-18-22-53(40)65-56)50-35-45-44(60(11,12)41-20-16-17-21-42(41)61(45,13)14)34-47(50)62(55)46-33-38(58(5,6)7)25-29-48(46)63(51)39-26-23-37(24-27-39)57(2,3)4/h15-35H,1-14H3. The highest BCUT2D eigenvalue weighted by Gasteiger charge is 2.48. The van der Waals surface area contributed by atoms with Crippen LogP contribution in [0.1, 0.15) is 135 Å². The number of fused-ring (bicyclic) bond motifs is 9. The smallest absolute Gasteiger partial charge is 0.252 e. The minimum atomic E-state index is -0.208. The Morgan fingerprint density at radius 1 is 0.477 bits per heavy atom. The quantitative estimate of drug-likeness (QED) is 0.160. The SMILES string of the molecule is Cc1cc2c3c(c1)N(c1ccc(C(C)(C)C)c4sc5ccccc5c14)c1cc4c(cc1B3c1cc(C(C)(C)C)ccc1N2c1ccc(C(C)(C)C)cc1)C(C)(C)c1ccccc1C4(C)C. The van der Waals surface area contributed by atoms with Crippen LogP contribution in [0.15, 0.2) is 127 Å². The predicted octanol–water partition coefficient (Wildman–Crippen LogP) is 15.3. The van der Waals surface area contributed by atoms with Crippen molar-refractivity contribution in [2.75, 3.05) is 9.80 Å². The molecule has 3 aliphatic rings. The van der Waals surface area contributed by atoms with Gasteiger partial charge in [-0.2, -0.15) is 0 Å². The second-order valence-corrected chi connectivity index (χ2v) is 24.6. The topological polar surface area (TPSA) is 6.48 Å². The van der Waals surface area contributed by atoms with Gasteiger partial charge >= 0.3 is 0 Å². The van der Waals surface area contributed by atoms with E-state index in [4.69, 9.17) is 0 Å². The van der Waals surface area contributed by atoms with Crippen LogP contribution in [0.4, 0.5) is 34.1 Å². The van der Waals surface area contributed by atoms with Gasteiger partial charge in [0.1, 0.15) is 0 Å². The summed E-state index contributed by atoms with van der Waals surface area (Å²) in [5, 5.41) is 2.68. The molecule has 7 aromatic carbocycles. The maximum atomic E-state index is 2.70. The monoisotopic (exact) mass is 866 g/mol. The zero-order valence-corrected chi connectivity index (χ0v) is 41.8. The Kier molecular flexibility index (Phi) is 8.89. The fourth-order valence-corrected chi connectivity index (χ4v) is 13.2. The largest absolute Gasteiger partial charge is 0.311 e. The van der Waals surface area contributed by atoms with Gasteiger partial charge in [0.25, 0.3) is 6.71 Å². The van der Waals surface area contributed by atoms with Gasteiger partial charge in [0, 0.05) is 59.4 Å². The number of rotatable bonds is 2. The number of aryl methyl sites for hydroxylation is 1. The van der Waals surface area contributed by atoms with Gasteiger partial charge in [0.2, 0.25) is 0 Å². The van der Waals surface area contributed by atoms with Crippen molar-refractivity contribution < 1.29 is 0 Å². The number of benzene rings is 7. The van der Waals surface area contributed by atoms with Crippen molar-refractivity contribution >= 4 is 88.7 Å². The van der Waals surface area contributed by atoms with Crippen molar-refractivity contribution in [3.63, 3.8) is 0 Å². The van der Waals surface area contributed by atoms with Crippen molar-refractivity contribution in [3.05, 3.63) is 172 Å². The van der Waals surface area contributed by atoms with E-state index >= 15 is 0 Å². The molecule has 0 saturated carbocycles. The van der Waals surface area contributed by atoms with Crippen molar-refractivity contribution in [2.45, 2.75) is 124 Å². The van der Waals surface area contributed by atoms with Gasteiger partial charge < -0.3 is 9.80 Å². The Morgan fingerprint density at radius 3 is 1.66 bits per heavy atom. The second kappa shape index (κ2) is 13.7. The molecule has 0 unspecified atom stereocenters. The van der Waals surface area contributed by atoms with Crippen LogP contribution >= 0.6 is 11.3 Å². The maximum absolute atomic E-state index is 2.70. The van der Waals surface area contributed by atoms with E-state index in [1.807, 2.05) is 11.3 Å². The number of anilines is 6. The lowest BCUT2D eigenvalue weighted by Crippen LogP contribution is -2.62. The summed E-state index contributed by atoms with van der Waals surface area (Å²) in [6, 6.07) is 50.3. The van der Waals surface area contributed by atoms with Crippen LogP contribution in [-0.4, -0.2) is 6.71 Å². The number of nitrogens with zero attached hydrogens (tertiary/aromatic N) is 2. The maximum Gasteiger partial charge on any atom is 0.252 e. The second-order valence-electron chi connectivity index (χ2n) is 23.6. The van der Waals surface area contributed by atoms with Gasteiger partial charge in [-0.15, -0.1) is 11.3 Å². The van der Waals surface area contributed by atoms with E-state index in [9.17, 15) is 0 Å². The highest BCUT2D eigenvalue weighted by Crippen LogP contribution is 2.55. The Labute approximate surface area is 392 Å². The molecule has 0 radical (unpaired) electrons. The summed E-state index contributed by atoms with van der Waals surface area (Å²) < 4.78 is 2.72. The third-order valence-electron chi connectivity index (χ3n) is 15.4. The molecule has 326 valence electrons. The first-order valence-corrected chi connectivity index (χ1v) is 24.6. The van der Waals surface area contributed by atoms with E-state index in [2.05, 4.69) is 234 Å². The summed E-state index contributed by atoms with van der Waals surface area (Å²) in [5.74, 6) is 0. The normalized spacial score (nSPS) is 16.0. The van der Waals surface area contributed by atoms with Gasteiger partial charge in [-0.3, -0.25) is 0 Å². The Morgan fingerprint density at radius 2 is 1.03 bits per heavy atom. The molecule has 0 saturated heterocycles. The summed E-state index contributed by atoms with van der Waals surface area (Å²) >= 11 is 1.95. The molecule has 0 spiro atoms. The Hall–Kier alpha value is -5.58. The molecule has 3 heterocycles. The summed E-state index contributed by atoms with van der Waals surface area (Å²) in [4.78, 5) is 5.29. The lowest BCUT2D eigenvalue weighted by atomic mass is 9.33. The molecule has 0 atom stereocenters. The number of hydrogen-bond acceptors (Lipinski definition) is 3. The number of hydrogen-bond donors (Lipinski definition) is 0. The lowest BCUT2D eigenvalue weighted by Gasteiger charge is -2.48. The molecule has 11 rings (SSSR count). The van der Waals surface area contributed by atoms with Gasteiger partial charge in [0.15, 0.2) is 0 Å². The van der Waals surface area contributed by atoms with Gasteiger partial charge in [-0.05, 0) is 133 Å². The van der Waals surface area contributed by atoms with Crippen molar-refractivity contribution in [1.29, 1.82) is 0 Å². The molecular formula is C61H63BN2S. The fourth-order valence-electron chi connectivity index (χ4n) is 11.8. The van der Waals surface area contributed by atoms with E-state index in [0.29, 0.717) is 0 Å². The molecule has 0 N–H and O–H groups in total. The van der Waals surface area contributed by atoms with Crippen LogP contribution in [0.5, 0.6) is 0 Å². The van der Waals surface area contributed by atoms with Crippen molar-refractivity contribution in [3.8, 4) is 0 Å². The highest BCUT2D eigenvalue weighted by molar-refractivity contribution is 7.26. The molecule has 0 bridgehead atoms. The first-order chi connectivity index (χ1) is 30.6. The Bertz CT molecular complexity index is 3290. The van der Waals surface area contributed by atoms with Gasteiger partial charge in [-0.1, -0.05) is 169 Å². The van der Waals surface area contributed by atoms with Crippen LogP contribution in [0, 0.1) is 6.92 Å². The van der Waals surface area contributed by atoms with Crippen LogP contribution < -0.4 is 26.2 Å². The number of thiophene rings is 1. The zero-order valence-electron chi connectivity index (χ0n) is 41.0. The molecule has 0 fully saturated rings. The molecule has 1 aromatic heterocycles. The summed E-state index contributed by atoms with van der Waals surface area (Å²) in [7, 11) is 0. The van der Waals surface area contributed by atoms with Crippen molar-refractivity contribution in [1.82, 2.24) is 0 Å². The molecule has 65 heavy (non-hydrogen) atoms. The predicted molar refractivity (Wildman–Crippen MR) is 285 cm³/mol. The Balaban J connectivity index is 1.30. The summed E-state index contributed by atoms with van der Waals surface area (Å²) in [5.41, 5.74) is 22.3. The van der Waals surface area contributed by atoms with Gasteiger partial charge in [0.05, 0.1) is 5.69 Å². The third-order valence-corrected chi connectivity index (χ3v) is 16.6. The third kappa shape index (κ3) is 6.11. The average Bonchev–Trinajstić information content (AvgIpc) is 3.64. The molecule has 4 heteroatoms. The average molecular weight is 867 g/mol. The van der Waals surface area contributed by atoms with Crippen LogP contribution in [0.3, 0.4) is 0 Å². The molecular weight excluding hydrogens is 804 g/mol. The van der Waals surface area contributed by atoms with E-state index in [-0.39, 0.29) is 33.8 Å². The van der Waals surface area contributed by atoms with Crippen molar-refractivity contribution in [2.24, 2.45) is 0 Å². The highest BCUT2D eigenvalue weighted by atomic mass is 32.1. The minimum absolute atomic E-state index is 0.0131. The van der Waals surface area contributed by atoms with Gasteiger partial charge in [-0.25, -0.2) is 0 Å². The van der Waals surface area contributed by atoms with Crippen LogP contribution in [0.2, 0.25) is 0 Å². The lowest BCUT2D eigenvalue weighted by molar-refractivity contribution is 0.521.